The van der Waals surface area contributed by atoms with Gasteiger partial charge < -0.3 is 32.8 Å². The largest absolute Gasteiger partial charge is 0.482 e. The molecular weight excluding hydrogens is 428 g/mol. The summed E-state index contributed by atoms with van der Waals surface area (Å²) in [6.07, 6.45) is -1.73. The zero-order valence-corrected chi connectivity index (χ0v) is 18.9. The van der Waals surface area contributed by atoms with Gasteiger partial charge in [-0.25, -0.2) is 0 Å². The molecule has 0 saturated heterocycles. The van der Waals surface area contributed by atoms with Crippen molar-refractivity contribution >= 4 is 0 Å². The van der Waals surface area contributed by atoms with Crippen LogP contribution in [0.2, 0.25) is 0 Å². The van der Waals surface area contributed by atoms with E-state index in [9.17, 15) is 4.79 Å². The first kappa shape index (κ1) is 24.6. The Bertz CT molecular complexity index is 1020. The highest BCUT2D eigenvalue weighted by atomic mass is 16.7. The zero-order chi connectivity index (χ0) is 23.5. The Balaban J connectivity index is 2.07. The summed E-state index contributed by atoms with van der Waals surface area (Å²) in [7, 11) is 4.44. The molecule has 33 heavy (non-hydrogen) atoms. The van der Waals surface area contributed by atoms with Gasteiger partial charge in [-0.05, 0) is 11.1 Å². The van der Waals surface area contributed by atoms with Gasteiger partial charge in [0, 0.05) is 27.4 Å². The third-order valence-electron chi connectivity index (χ3n) is 4.65. The Morgan fingerprint density at radius 2 is 1.48 bits per heavy atom. The first-order valence-corrected chi connectivity index (χ1v) is 10.3. The molecule has 0 spiro atoms. The smallest absolute Gasteiger partial charge is 0.227 e. The average Bonchev–Trinajstić information content (AvgIpc) is 2.85. The van der Waals surface area contributed by atoms with Crippen LogP contribution in [-0.4, -0.2) is 34.9 Å². The summed E-state index contributed by atoms with van der Waals surface area (Å²) >= 11 is 0. The van der Waals surface area contributed by atoms with Crippen LogP contribution in [0.4, 0.5) is 0 Å². The van der Waals surface area contributed by atoms with Crippen molar-refractivity contribution in [2.24, 2.45) is 0 Å². The summed E-state index contributed by atoms with van der Waals surface area (Å²) in [4.78, 5) is 13.2. The van der Waals surface area contributed by atoms with Crippen LogP contribution < -0.4 is 10.2 Å². The van der Waals surface area contributed by atoms with Crippen LogP contribution in [0.5, 0.6) is 5.75 Å². The lowest BCUT2D eigenvalue weighted by Crippen LogP contribution is -2.19. The van der Waals surface area contributed by atoms with E-state index in [1.807, 2.05) is 60.7 Å². The molecule has 0 aliphatic heterocycles. The molecule has 0 N–H and O–H groups in total. The second kappa shape index (κ2) is 12.9. The molecule has 1 heterocycles. The van der Waals surface area contributed by atoms with Crippen LogP contribution in [0.3, 0.4) is 0 Å². The summed E-state index contributed by atoms with van der Waals surface area (Å²) in [6.45, 7) is 0.100. The quantitative estimate of drug-likeness (QED) is 0.354. The molecule has 0 aliphatic carbocycles. The van der Waals surface area contributed by atoms with E-state index >= 15 is 0 Å². The number of hydrogen-bond acceptors (Lipinski definition) is 8. The van der Waals surface area contributed by atoms with Gasteiger partial charge >= 0.3 is 0 Å². The standard InChI is InChI=1S/C25H28O8/c1-27-16-31-22(19-12-8-5-9-13-19)24-23(30-15-18-10-6-4-7-11-18)20(26)14-21(33-24)25(29-3)32-17-28-2/h4-14,22,25H,15-17H2,1-3H3. The van der Waals surface area contributed by atoms with Gasteiger partial charge in [0.15, 0.2) is 11.5 Å². The van der Waals surface area contributed by atoms with E-state index in [0.717, 1.165) is 11.1 Å². The van der Waals surface area contributed by atoms with Gasteiger partial charge in [0.2, 0.25) is 17.5 Å². The first-order valence-electron chi connectivity index (χ1n) is 10.3. The van der Waals surface area contributed by atoms with Gasteiger partial charge in [-0.15, -0.1) is 0 Å². The SMILES string of the molecule is COCOC(OC)c1cc(=O)c(OCc2ccccc2)c(C(OCOC)c2ccccc2)o1. The van der Waals surface area contributed by atoms with E-state index in [1.165, 1.54) is 27.4 Å². The number of ether oxygens (including phenoxy) is 6. The third-order valence-corrected chi connectivity index (χ3v) is 4.65. The molecule has 0 aliphatic rings. The molecule has 0 radical (unpaired) electrons. The van der Waals surface area contributed by atoms with E-state index in [-0.39, 0.29) is 37.5 Å². The fraction of sp³-hybridized carbons (Fsp3) is 0.320. The number of hydrogen-bond donors (Lipinski definition) is 0. The van der Waals surface area contributed by atoms with E-state index in [0.29, 0.717) is 0 Å². The summed E-state index contributed by atoms with van der Waals surface area (Å²) in [6, 6.07) is 20.2. The minimum atomic E-state index is -0.960. The summed E-state index contributed by atoms with van der Waals surface area (Å²) < 4.78 is 38.9. The monoisotopic (exact) mass is 456 g/mol. The lowest BCUT2D eigenvalue weighted by atomic mass is 10.1. The molecule has 0 bridgehead atoms. The lowest BCUT2D eigenvalue weighted by molar-refractivity contribution is -0.189. The molecule has 0 amide bonds. The molecule has 2 aromatic carbocycles. The highest BCUT2D eigenvalue weighted by molar-refractivity contribution is 5.35. The molecule has 0 fully saturated rings. The Kier molecular flexibility index (Phi) is 9.61. The predicted octanol–water partition coefficient (Wildman–Crippen LogP) is 4.19. The van der Waals surface area contributed by atoms with Crippen LogP contribution in [0, 0.1) is 0 Å². The Morgan fingerprint density at radius 1 is 0.848 bits per heavy atom. The van der Waals surface area contributed by atoms with Crippen molar-refractivity contribution in [1.82, 2.24) is 0 Å². The molecular formula is C25H28O8. The van der Waals surface area contributed by atoms with Gasteiger partial charge in [0.05, 0.1) is 0 Å². The van der Waals surface area contributed by atoms with Crippen LogP contribution in [0.25, 0.3) is 0 Å². The van der Waals surface area contributed by atoms with E-state index in [1.54, 1.807) is 0 Å². The minimum absolute atomic E-state index is 0.0283. The van der Waals surface area contributed by atoms with Gasteiger partial charge in [0.1, 0.15) is 26.3 Å². The van der Waals surface area contributed by atoms with E-state index < -0.39 is 17.8 Å². The fourth-order valence-corrected chi connectivity index (χ4v) is 3.16. The summed E-state index contributed by atoms with van der Waals surface area (Å²) in [5, 5.41) is 0. The molecule has 1 aromatic heterocycles. The van der Waals surface area contributed by atoms with Crippen LogP contribution in [-0.2, 0) is 30.3 Å². The minimum Gasteiger partial charge on any atom is -0.482 e. The van der Waals surface area contributed by atoms with Crippen LogP contribution in [0.1, 0.15) is 35.0 Å². The van der Waals surface area contributed by atoms with Gasteiger partial charge in [-0.1, -0.05) is 60.7 Å². The van der Waals surface area contributed by atoms with Crippen molar-refractivity contribution in [2.75, 3.05) is 34.9 Å². The normalized spacial score (nSPS) is 12.9. The Labute approximate surface area is 192 Å². The maximum absolute atomic E-state index is 13.2. The first-order chi connectivity index (χ1) is 16.2. The molecule has 3 aromatic rings. The van der Waals surface area contributed by atoms with E-state index in [2.05, 4.69) is 0 Å². The molecule has 3 rings (SSSR count). The van der Waals surface area contributed by atoms with Crippen molar-refractivity contribution < 1.29 is 32.8 Å². The summed E-state index contributed by atoms with van der Waals surface area (Å²) in [5.74, 6) is 0.373. The third kappa shape index (κ3) is 6.74. The van der Waals surface area contributed by atoms with Gasteiger partial charge in [-0.2, -0.15) is 0 Å². The molecule has 2 atom stereocenters. The zero-order valence-electron chi connectivity index (χ0n) is 18.9. The van der Waals surface area contributed by atoms with Crippen molar-refractivity contribution in [2.45, 2.75) is 19.0 Å². The van der Waals surface area contributed by atoms with Crippen LogP contribution >= 0.6 is 0 Å². The molecule has 8 nitrogen and oxygen atoms in total. The van der Waals surface area contributed by atoms with Crippen LogP contribution in [0.15, 0.2) is 75.9 Å². The van der Waals surface area contributed by atoms with Gasteiger partial charge in [-0.3, -0.25) is 4.79 Å². The number of benzene rings is 2. The van der Waals surface area contributed by atoms with Gasteiger partial charge in [0.25, 0.3) is 0 Å². The second-order valence-electron chi connectivity index (χ2n) is 6.99. The maximum Gasteiger partial charge on any atom is 0.227 e. The lowest BCUT2D eigenvalue weighted by Gasteiger charge is -2.22. The molecule has 0 saturated carbocycles. The topological polar surface area (TPSA) is 85.6 Å². The van der Waals surface area contributed by atoms with Crippen molar-refractivity contribution in [3.05, 3.63) is 99.6 Å². The van der Waals surface area contributed by atoms with Crippen molar-refractivity contribution in [3.8, 4) is 5.75 Å². The highest BCUT2D eigenvalue weighted by Crippen LogP contribution is 2.34. The highest BCUT2D eigenvalue weighted by Gasteiger charge is 2.28. The predicted molar refractivity (Wildman–Crippen MR) is 120 cm³/mol. The van der Waals surface area contributed by atoms with E-state index in [4.69, 9.17) is 32.8 Å². The molecule has 8 heteroatoms. The Hall–Kier alpha value is -3.01. The van der Waals surface area contributed by atoms with Crippen molar-refractivity contribution in [3.63, 3.8) is 0 Å². The Morgan fingerprint density at radius 3 is 2.12 bits per heavy atom. The maximum atomic E-state index is 13.2. The average molecular weight is 456 g/mol. The second-order valence-corrected chi connectivity index (χ2v) is 6.99. The fourth-order valence-electron chi connectivity index (χ4n) is 3.16. The molecule has 176 valence electrons. The van der Waals surface area contributed by atoms with Crippen molar-refractivity contribution in [1.29, 1.82) is 0 Å². The number of methoxy groups -OCH3 is 3. The molecule has 2 unspecified atom stereocenters. The summed E-state index contributed by atoms with van der Waals surface area (Å²) in [5.41, 5.74) is 1.26. The number of rotatable bonds is 13.